The molecule has 0 heterocycles. The van der Waals surface area contributed by atoms with E-state index in [0.717, 1.165) is 6.42 Å². The van der Waals surface area contributed by atoms with Crippen LogP contribution in [0.1, 0.15) is 13.3 Å². The van der Waals surface area contributed by atoms with Crippen LogP contribution in [0.2, 0.25) is 0 Å². The molecule has 0 spiro atoms. The summed E-state index contributed by atoms with van der Waals surface area (Å²) in [5, 5.41) is 13.2. The summed E-state index contributed by atoms with van der Waals surface area (Å²) < 4.78 is 5.40. The van der Waals surface area contributed by atoms with Crippen LogP contribution in [0, 0.1) is 0 Å². The fraction of sp³-hybridized carbons (Fsp3) is 0.385. The molecule has 1 aromatic rings. The molecule has 0 aliphatic rings. The maximum atomic E-state index is 11.4. The lowest BCUT2D eigenvalue weighted by molar-refractivity contribution is -0.136. The summed E-state index contributed by atoms with van der Waals surface area (Å²) in [6, 6.07) is 6.75. The minimum Gasteiger partial charge on any atom is -0.494 e. The number of nitrogens with one attached hydrogen (secondary N) is 2. The molecular formula is C13H18N2O4. The van der Waals surface area contributed by atoms with Crippen molar-refractivity contribution >= 4 is 17.5 Å². The normalized spacial score (nSPS) is 9.79. The summed E-state index contributed by atoms with van der Waals surface area (Å²) in [5.41, 5.74) is 0.507. The number of benzene rings is 1. The summed E-state index contributed by atoms with van der Waals surface area (Å²) >= 11 is 0. The van der Waals surface area contributed by atoms with Gasteiger partial charge in [-0.15, -0.1) is 0 Å². The average molecular weight is 266 g/mol. The molecule has 0 aliphatic heterocycles. The number of rotatable bonds is 6. The molecule has 19 heavy (non-hydrogen) atoms. The van der Waals surface area contributed by atoms with E-state index in [0.29, 0.717) is 18.0 Å². The topological polar surface area (TPSA) is 87.7 Å². The third-order valence-corrected chi connectivity index (χ3v) is 2.19. The third-order valence-electron chi connectivity index (χ3n) is 2.19. The van der Waals surface area contributed by atoms with Crippen molar-refractivity contribution < 1.29 is 19.4 Å². The quantitative estimate of drug-likeness (QED) is 0.655. The van der Waals surface area contributed by atoms with Crippen LogP contribution in [0.5, 0.6) is 5.75 Å². The first-order chi connectivity index (χ1) is 9.17. The van der Waals surface area contributed by atoms with Crippen LogP contribution >= 0.6 is 0 Å². The number of ether oxygens (including phenoxy) is 1. The Morgan fingerprint density at radius 2 is 1.89 bits per heavy atom. The van der Waals surface area contributed by atoms with Crippen molar-refractivity contribution in [3.05, 3.63) is 24.3 Å². The number of aliphatic hydroxyl groups excluding tert-OH is 1. The van der Waals surface area contributed by atoms with E-state index in [1.807, 2.05) is 6.92 Å². The van der Waals surface area contributed by atoms with Gasteiger partial charge in [-0.2, -0.15) is 0 Å². The molecule has 0 fully saturated rings. The van der Waals surface area contributed by atoms with Crippen LogP contribution in [-0.2, 0) is 9.59 Å². The standard InChI is InChI=1S/C13H18N2O4/c1-2-9-19-11-5-3-10(4-6-11)15-13(18)12(17)14-7-8-16/h3-6,16H,2,7-9H2,1H3,(H,14,17)(H,15,18). The van der Waals surface area contributed by atoms with Gasteiger partial charge in [-0.05, 0) is 30.7 Å². The molecule has 104 valence electrons. The SMILES string of the molecule is CCCOc1ccc(NC(=O)C(=O)NCCO)cc1. The molecule has 6 nitrogen and oxygen atoms in total. The van der Waals surface area contributed by atoms with E-state index >= 15 is 0 Å². The van der Waals surface area contributed by atoms with Gasteiger partial charge in [0.2, 0.25) is 0 Å². The second-order valence-corrected chi connectivity index (χ2v) is 3.81. The average Bonchev–Trinajstić information content (AvgIpc) is 2.43. The summed E-state index contributed by atoms with van der Waals surface area (Å²) in [4.78, 5) is 22.7. The highest BCUT2D eigenvalue weighted by atomic mass is 16.5. The fourth-order valence-corrected chi connectivity index (χ4v) is 1.29. The first kappa shape index (κ1) is 15.0. The van der Waals surface area contributed by atoms with Gasteiger partial charge in [-0.3, -0.25) is 9.59 Å². The minimum absolute atomic E-state index is 0.0516. The van der Waals surface area contributed by atoms with Gasteiger partial charge in [0.1, 0.15) is 5.75 Å². The summed E-state index contributed by atoms with van der Waals surface area (Å²) in [6.45, 7) is 2.49. The van der Waals surface area contributed by atoms with E-state index in [-0.39, 0.29) is 13.2 Å². The van der Waals surface area contributed by atoms with Crippen LogP contribution < -0.4 is 15.4 Å². The van der Waals surface area contributed by atoms with E-state index in [2.05, 4.69) is 10.6 Å². The molecule has 0 radical (unpaired) electrons. The van der Waals surface area contributed by atoms with E-state index in [9.17, 15) is 9.59 Å². The van der Waals surface area contributed by atoms with E-state index < -0.39 is 11.8 Å². The zero-order valence-corrected chi connectivity index (χ0v) is 10.8. The van der Waals surface area contributed by atoms with Gasteiger partial charge in [0.25, 0.3) is 0 Å². The van der Waals surface area contributed by atoms with Gasteiger partial charge >= 0.3 is 11.8 Å². The van der Waals surface area contributed by atoms with E-state index in [4.69, 9.17) is 9.84 Å². The van der Waals surface area contributed by atoms with Crippen LogP contribution in [0.25, 0.3) is 0 Å². The molecular weight excluding hydrogens is 248 g/mol. The molecule has 0 atom stereocenters. The van der Waals surface area contributed by atoms with Crippen molar-refractivity contribution in [1.82, 2.24) is 5.32 Å². The number of hydrogen-bond acceptors (Lipinski definition) is 4. The molecule has 1 rings (SSSR count). The fourth-order valence-electron chi connectivity index (χ4n) is 1.29. The van der Waals surface area contributed by atoms with Crippen molar-refractivity contribution in [3.8, 4) is 5.75 Å². The lowest BCUT2D eigenvalue weighted by atomic mass is 10.3. The summed E-state index contributed by atoms with van der Waals surface area (Å²) in [7, 11) is 0. The first-order valence-electron chi connectivity index (χ1n) is 6.10. The lowest BCUT2D eigenvalue weighted by Crippen LogP contribution is -2.36. The van der Waals surface area contributed by atoms with Gasteiger partial charge in [0, 0.05) is 12.2 Å². The van der Waals surface area contributed by atoms with Gasteiger partial charge in [0.05, 0.1) is 13.2 Å². The smallest absolute Gasteiger partial charge is 0.313 e. The number of aliphatic hydroxyl groups is 1. The number of anilines is 1. The summed E-state index contributed by atoms with van der Waals surface area (Å²) in [5.74, 6) is -0.833. The Kier molecular flexibility index (Phi) is 6.38. The predicted octanol–water partition coefficient (Wildman–Crippen LogP) is 0.522. The van der Waals surface area contributed by atoms with Crippen molar-refractivity contribution in [2.45, 2.75) is 13.3 Å². The molecule has 0 aromatic heterocycles. The van der Waals surface area contributed by atoms with E-state index in [1.54, 1.807) is 24.3 Å². The highest BCUT2D eigenvalue weighted by Gasteiger charge is 2.12. The second-order valence-electron chi connectivity index (χ2n) is 3.81. The van der Waals surface area contributed by atoms with Crippen LogP contribution in [0.3, 0.4) is 0 Å². The second kappa shape index (κ2) is 8.10. The van der Waals surface area contributed by atoms with Crippen LogP contribution in [-0.4, -0.2) is 36.7 Å². The van der Waals surface area contributed by atoms with Crippen molar-refractivity contribution in [2.75, 3.05) is 25.1 Å². The number of hydrogen-bond donors (Lipinski definition) is 3. The predicted molar refractivity (Wildman–Crippen MR) is 71.0 cm³/mol. The molecule has 0 unspecified atom stereocenters. The Balaban J connectivity index is 2.48. The zero-order chi connectivity index (χ0) is 14.1. The van der Waals surface area contributed by atoms with Crippen molar-refractivity contribution in [3.63, 3.8) is 0 Å². The van der Waals surface area contributed by atoms with Crippen LogP contribution in [0.4, 0.5) is 5.69 Å². The molecule has 0 saturated carbocycles. The summed E-state index contributed by atoms with van der Waals surface area (Å²) in [6.07, 6.45) is 0.920. The third kappa shape index (κ3) is 5.39. The number of carbonyl (C=O) groups excluding carboxylic acids is 2. The van der Waals surface area contributed by atoms with Crippen molar-refractivity contribution in [2.24, 2.45) is 0 Å². The van der Waals surface area contributed by atoms with E-state index in [1.165, 1.54) is 0 Å². The Labute approximate surface area is 111 Å². The molecule has 6 heteroatoms. The maximum absolute atomic E-state index is 11.4. The van der Waals surface area contributed by atoms with Gasteiger partial charge in [-0.25, -0.2) is 0 Å². The molecule has 3 N–H and O–H groups in total. The molecule has 0 aliphatic carbocycles. The monoisotopic (exact) mass is 266 g/mol. The zero-order valence-electron chi connectivity index (χ0n) is 10.8. The van der Waals surface area contributed by atoms with Crippen molar-refractivity contribution in [1.29, 1.82) is 0 Å². The Morgan fingerprint density at radius 3 is 2.47 bits per heavy atom. The molecule has 0 saturated heterocycles. The van der Waals surface area contributed by atoms with Gasteiger partial charge < -0.3 is 20.5 Å². The highest BCUT2D eigenvalue weighted by Crippen LogP contribution is 2.15. The minimum atomic E-state index is -0.777. The molecule has 0 bridgehead atoms. The Bertz CT molecular complexity index is 417. The largest absolute Gasteiger partial charge is 0.494 e. The highest BCUT2D eigenvalue weighted by molar-refractivity contribution is 6.39. The maximum Gasteiger partial charge on any atom is 0.313 e. The van der Waals surface area contributed by atoms with Gasteiger partial charge in [-0.1, -0.05) is 6.92 Å². The Morgan fingerprint density at radius 1 is 1.21 bits per heavy atom. The van der Waals surface area contributed by atoms with Crippen LogP contribution in [0.15, 0.2) is 24.3 Å². The Hall–Kier alpha value is -2.08. The van der Waals surface area contributed by atoms with Gasteiger partial charge in [0.15, 0.2) is 0 Å². The first-order valence-corrected chi connectivity index (χ1v) is 6.10. The molecule has 1 aromatic carbocycles. The number of amides is 2. The molecule has 2 amide bonds. The lowest BCUT2D eigenvalue weighted by Gasteiger charge is -2.07. The number of carbonyl (C=O) groups is 2.